The second-order valence-corrected chi connectivity index (χ2v) is 7.16. The Morgan fingerprint density at radius 1 is 1.04 bits per heavy atom. The molecule has 0 bridgehead atoms. The van der Waals surface area contributed by atoms with Crippen LogP contribution in [0.2, 0.25) is 0 Å². The number of carbonyl (C=O) groups is 1. The smallest absolute Gasteiger partial charge is 0.262 e. The van der Waals surface area contributed by atoms with Crippen molar-refractivity contribution in [3.63, 3.8) is 0 Å². The van der Waals surface area contributed by atoms with Gasteiger partial charge in [-0.25, -0.2) is 4.98 Å². The average molecular weight is 437 g/mol. The summed E-state index contributed by atoms with van der Waals surface area (Å²) in [4.78, 5) is 16.7. The monoisotopic (exact) mass is 436 g/mol. The molecule has 0 fully saturated rings. The van der Waals surface area contributed by atoms with Gasteiger partial charge >= 0.3 is 0 Å². The summed E-state index contributed by atoms with van der Waals surface area (Å²) in [6.07, 6.45) is 0.623. The van der Waals surface area contributed by atoms with E-state index in [1.54, 1.807) is 24.3 Å². The zero-order valence-electron chi connectivity index (χ0n) is 14.9. The summed E-state index contributed by atoms with van der Waals surface area (Å²) in [6.45, 7) is -0.0717. The highest BCUT2D eigenvalue weighted by Crippen LogP contribution is 2.22. The summed E-state index contributed by atoms with van der Waals surface area (Å²) in [6, 6.07) is 22.7. The highest BCUT2D eigenvalue weighted by Gasteiger charge is 2.09. The van der Waals surface area contributed by atoms with Crippen LogP contribution in [-0.4, -0.2) is 17.5 Å². The molecule has 1 heterocycles. The van der Waals surface area contributed by atoms with Crippen molar-refractivity contribution < 1.29 is 13.9 Å². The van der Waals surface area contributed by atoms with Crippen LogP contribution in [0.4, 0.5) is 5.69 Å². The Hall–Kier alpha value is -3.12. The van der Waals surface area contributed by atoms with E-state index in [9.17, 15) is 4.79 Å². The maximum absolute atomic E-state index is 12.1. The number of carbonyl (C=O) groups excluding carboxylic acids is 1. The lowest BCUT2D eigenvalue weighted by molar-refractivity contribution is -0.118. The molecule has 0 atom stereocenters. The number of oxazole rings is 1. The van der Waals surface area contributed by atoms with E-state index in [2.05, 4.69) is 26.2 Å². The van der Waals surface area contributed by atoms with Crippen molar-refractivity contribution in [2.75, 3.05) is 11.9 Å². The van der Waals surface area contributed by atoms with E-state index in [4.69, 9.17) is 9.15 Å². The molecule has 140 valence electrons. The summed E-state index contributed by atoms with van der Waals surface area (Å²) in [5.74, 6) is 1.04. The Labute approximate surface area is 170 Å². The van der Waals surface area contributed by atoms with E-state index in [1.165, 1.54) is 0 Å². The predicted molar refractivity (Wildman–Crippen MR) is 112 cm³/mol. The quantitative estimate of drug-likeness (QED) is 0.451. The molecule has 6 heteroatoms. The van der Waals surface area contributed by atoms with Gasteiger partial charge in [-0.1, -0.05) is 46.3 Å². The minimum Gasteiger partial charge on any atom is -0.484 e. The largest absolute Gasteiger partial charge is 0.484 e. The van der Waals surface area contributed by atoms with Crippen LogP contribution in [0.25, 0.3) is 11.1 Å². The lowest BCUT2D eigenvalue weighted by Crippen LogP contribution is -2.20. The van der Waals surface area contributed by atoms with Crippen LogP contribution >= 0.6 is 15.9 Å². The molecule has 0 saturated carbocycles. The number of ether oxygens (including phenoxy) is 1. The molecular formula is C22H17BrN2O3. The van der Waals surface area contributed by atoms with Crippen LogP contribution in [0.15, 0.2) is 81.7 Å². The van der Waals surface area contributed by atoms with Gasteiger partial charge in [-0.3, -0.25) is 4.79 Å². The van der Waals surface area contributed by atoms with Crippen LogP contribution in [0.3, 0.4) is 0 Å². The zero-order valence-corrected chi connectivity index (χ0v) is 16.5. The SMILES string of the molecule is O=C(COc1ccc(Br)cc1)Nc1ccc2oc(Cc3ccccc3)nc2c1. The van der Waals surface area contributed by atoms with E-state index in [1.807, 2.05) is 48.5 Å². The summed E-state index contributed by atoms with van der Waals surface area (Å²) in [5.41, 5.74) is 3.18. The van der Waals surface area contributed by atoms with Crippen LogP contribution in [-0.2, 0) is 11.2 Å². The van der Waals surface area contributed by atoms with Gasteiger partial charge in [0.05, 0.1) is 0 Å². The van der Waals surface area contributed by atoms with Crippen molar-refractivity contribution in [3.05, 3.63) is 88.7 Å². The molecule has 28 heavy (non-hydrogen) atoms. The number of anilines is 1. The van der Waals surface area contributed by atoms with E-state index >= 15 is 0 Å². The van der Waals surface area contributed by atoms with Gasteiger partial charge in [-0.2, -0.15) is 0 Å². The number of fused-ring (bicyclic) bond motifs is 1. The van der Waals surface area contributed by atoms with E-state index < -0.39 is 0 Å². The Morgan fingerprint density at radius 2 is 1.82 bits per heavy atom. The highest BCUT2D eigenvalue weighted by atomic mass is 79.9. The van der Waals surface area contributed by atoms with Crippen LogP contribution in [0.5, 0.6) is 5.75 Å². The summed E-state index contributed by atoms with van der Waals surface area (Å²) in [5, 5.41) is 2.82. The van der Waals surface area contributed by atoms with Crippen LogP contribution in [0, 0.1) is 0 Å². The van der Waals surface area contributed by atoms with Gasteiger partial charge in [0.2, 0.25) is 0 Å². The molecule has 1 N–H and O–H groups in total. The molecule has 0 aliphatic carbocycles. The van der Waals surface area contributed by atoms with Crippen LogP contribution in [0.1, 0.15) is 11.5 Å². The first-order valence-electron chi connectivity index (χ1n) is 8.77. The van der Waals surface area contributed by atoms with Crippen molar-refractivity contribution in [1.82, 2.24) is 4.98 Å². The topological polar surface area (TPSA) is 64.4 Å². The molecule has 5 nitrogen and oxygen atoms in total. The molecule has 1 aromatic heterocycles. The maximum atomic E-state index is 12.1. The first-order valence-corrected chi connectivity index (χ1v) is 9.57. The van der Waals surface area contributed by atoms with Gasteiger partial charge in [0.25, 0.3) is 5.91 Å². The van der Waals surface area contributed by atoms with Crippen LogP contribution < -0.4 is 10.1 Å². The normalized spacial score (nSPS) is 10.8. The number of aromatic nitrogens is 1. The number of nitrogens with one attached hydrogen (secondary N) is 1. The van der Waals surface area contributed by atoms with Gasteiger partial charge in [0.1, 0.15) is 11.3 Å². The van der Waals surface area contributed by atoms with E-state index in [0.29, 0.717) is 34.8 Å². The Bertz CT molecular complexity index is 1090. The molecular weight excluding hydrogens is 420 g/mol. The van der Waals surface area contributed by atoms with Gasteiger partial charge in [0.15, 0.2) is 18.1 Å². The number of halogens is 1. The van der Waals surface area contributed by atoms with Gasteiger partial charge in [0, 0.05) is 16.6 Å². The molecule has 0 spiro atoms. The Kier molecular flexibility index (Phi) is 5.39. The lowest BCUT2D eigenvalue weighted by atomic mass is 10.1. The predicted octanol–water partition coefficient (Wildman–Crippen LogP) is 5.20. The molecule has 4 aromatic rings. The van der Waals surface area contributed by atoms with Crippen molar-refractivity contribution in [3.8, 4) is 5.75 Å². The molecule has 0 aliphatic heterocycles. The van der Waals surface area contributed by atoms with E-state index in [-0.39, 0.29) is 12.5 Å². The second-order valence-electron chi connectivity index (χ2n) is 6.24. The third-order valence-electron chi connectivity index (χ3n) is 4.10. The van der Waals surface area contributed by atoms with Gasteiger partial charge < -0.3 is 14.5 Å². The summed E-state index contributed by atoms with van der Waals surface area (Å²) in [7, 11) is 0. The average Bonchev–Trinajstić information content (AvgIpc) is 3.10. The number of nitrogens with zero attached hydrogens (tertiary/aromatic N) is 1. The second kappa shape index (κ2) is 8.27. The number of hydrogen-bond acceptors (Lipinski definition) is 4. The van der Waals surface area contributed by atoms with Crippen molar-refractivity contribution >= 4 is 38.6 Å². The Balaban J connectivity index is 1.39. The number of benzene rings is 3. The first kappa shape index (κ1) is 18.3. The van der Waals surface area contributed by atoms with Crippen molar-refractivity contribution in [2.24, 2.45) is 0 Å². The fraction of sp³-hybridized carbons (Fsp3) is 0.0909. The molecule has 0 radical (unpaired) electrons. The fourth-order valence-electron chi connectivity index (χ4n) is 2.78. The fourth-order valence-corrected chi connectivity index (χ4v) is 3.04. The first-order chi connectivity index (χ1) is 13.7. The molecule has 3 aromatic carbocycles. The zero-order chi connectivity index (χ0) is 19.3. The minimum absolute atomic E-state index is 0.0717. The summed E-state index contributed by atoms with van der Waals surface area (Å²) >= 11 is 3.36. The molecule has 0 unspecified atom stereocenters. The molecule has 4 rings (SSSR count). The van der Waals surface area contributed by atoms with E-state index in [0.717, 1.165) is 10.0 Å². The maximum Gasteiger partial charge on any atom is 0.262 e. The third-order valence-corrected chi connectivity index (χ3v) is 4.63. The third kappa shape index (κ3) is 4.58. The molecule has 0 aliphatic rings. The molecule has 0 saturated heterocycles. The minimum atomic E-state index is -0.240. The molecule has 1 amide bonds. The standard InChI is InChI=1S/C22H17BrN2O3/c23-16-6-9-18(10-7-16)27-14-21(26)24-17-8-11-20-19(13-17)25-22(28-20)12-15-4-2-1-3-5-15/h1-11,13H,12,14H2,(H,24,26). The Morgan fingerprint density at radius 3 is 2.61 bits per heavy atom. The lowest BCUT2D eigenvalue weighted by Gasteiger charge is -2.07. The van der Waals surface area contributed by atoms with Crippen molar-refractivity contribution in [2.45, 2.75) is 6.42 Å². The summed E-state index contributed by atoms with van der Waals surface area (Å²) < 4.78 is 12.2. The number of amides is 1. The number of rotatable bonds is 6. The van der Waals surface area contributed by atoms with Crippen molar-refractivity contribution in [1.29, 1.82) is 0 Å². The number of hydrogen-bond donors (Lipinski definition) is 1. The van der Waals surface area contributed by atoms with Gasteiger partial charge in [-0.05, 0) is 48.0 Å². The highest BCUT2D eigenvalue weighted by molar-refractivity contribution is 9.10. The van der Waals surface area contributed by atoms with Gasteiger partial charge in [-0.15, -0.1) is 0 Å².